The molecule has 0 saturated carbocycles. The minimum atomic E-state index is -0.480. The number of carbonyl (C=O) groups is 1. The molecular formula is C18H26BrFN2O2. The van der Waals surface area contributed by atoms with Crippen LogP contribution in [0.4, 0.5) is 9.18 Å². The fraction of sp³-hybridized carbons (Fsp3) is 0.611. The molecule has 2 rings (SSSR count). The van der Waals surface area contributed by atoms with Crippen LogP contribution in [-0.2, 0) is 11.3 Å². The van der Waals surface area contributed by atoms with Crippen molar-refractivity contribution in [2.24, 2.45) is 0 Å². The highest BCUT2D eigenvalue weighted by Gasteiger charge is 2.24. The monoisotopic (exact) mass is 400 g/mol. The van der Waals surface area contributed by atoms with E-state index in [1.807, 2.05) is 26.8 Å². The molecule has 0 unspecified atom stereocenters. The van der Waals surface area contributed by atoms with Crippen molar-refractivity contribution in [3.63, 3.8) is 0 Å². The number of alkyl carbamates (subject to hydrolysis) is 1. The second-order valence-corrected chi connectivity index (χ2v) is 8.24. The molecule has 1 heterocycles. The van der Waals surface area contributed by atoms with Crippen molar-refractivity contribution in [3.8, 4) is 0 Å². The molecular weight excluding hydrogens is 375 g/mol. The Bertz CT molecular complexity index is 593. The number of amides is 1. The number of likely N-dealkylation sites (tertiary alicyclic amines) is 1. The normalized spacial score (nSPS) is 16.9. The van der Waals surface area contributed by atoms with Crippen LogP contribution >= 0.6 is 15.9 Å². The van der Waals surface area contributed by atoms with Crippen LogP contribution in [0.5, 0.6) is 0 Å². The molecule has 1 aliphatic rings. The number of nitrogens with one attached hydrogen (secondary N) is 1. The molecule has 1 fully saturated rings. The second-order valence-electron chi connectivity index (χ2n) is 7.39. The van der Waals surface area contributed by atoms with Gasteiger partial charge in [0.25, 0.3) is 0 Å². The van der Waals surface area contributed by atoms with Gasteiger partial charge in [0, 0.05) is 30.1 Å². The Kier molecular flexibility index (Phi) is 6.26. The van der Waals surface area contributed by atoms with Crippen molar-refractivity contribution in [3.05, 3.63) is 33.5 Å². The van der Waals surface area contributed by atoms with E-state index < -0.39 is 5.60 Å². The van der Waals surface area contributed by atoms with Gasteiger partial charge in [-0.05, 0) is 63.8 Å². The number of rotatable bonds is 3. The average Bonchev–Trinajstić information content (AvgIpc) is 2.44. The van der Waals surface area contributed by atoms with Crippen molar-refractivity contribution in [2.75, 3.05) is 13.1 Å². The fourth-order valence-corrected chi connectivity index (χ4v) is 3.34. The van der Waals surface area contributed by atoms with Crippen LogP contribution < -0.4 is 5.32 Å². The van der Waals surface area contributed by atoms with Gasteiger partial charge in [0.15, 0.2) is 0 Å². The summed E-state index contributed by atoms with van der Waals surface area (Å²) in [6, 6.07) is 3.56. The maximum absolute atomic E-state index is 13.8. The summed E-state index contributed by atoms with van der Waals surface area (Å²) in [5, 5.41) is 2.93. The van der Waals surface area contributed by atoms with Gasteiger partial charge in [-0.25, -0.2) is 9.18 Å². The predicted octanol–water partition coefficient (Wildman–Crippen LogP) is 4.39. The van der Waals surface area contributed by atoms with Crippen molar-refractivity contribution < 1.29 is 13.9 Å². The van der Waals surface area contributed by atoms with Gasteiger partial charge < -0.3 is 10.1 Å². The number of benzene rings is 1. The number of hydrogen-bond acceptors (Lipinski definition) is 3. The van der Waals surface area contributed by atoms with Gasteiger partial charge >= 0.3 is 6.09 Å². The van der Waals surface area contributed by atoms with Gasteiger partial charge in [-0.15, -0.1) is 0 Å². The largest absolute Gasteiger partial charge is 0.444 e. The van der Waals surface area contributed by atoms with Gasteiger partial charge in [0.1, 0.15) is 11.4 Å². The molecule has 0 aromatic heterocycles. The average molecular weight is 401 g/mol. The second kappa shape index (κ2) is 7.83. The van der Waals surface area contributed by atoms with Crippen molar-refractivity contribution in [2.45, 2.75) is 58.7 Å². The number of aryl methyl sites for hydroxylation is 1. The number of ether oxygens (including phenoxy) is 1. The standard InChI is InChI=1S/C18H26BrFN2O2/c1-12-9-15(19)13(10-16(12)20)11-22-7-5-14(6-8-22)21-17(23)24-18(2,3)4/h9-10,14H,5-8,11H2,1-4H3,(H,21,23). The molecule has 1 aromatic rings. The van der Waals surface area contributed by atoms with Crippen LogP contribution in [0.1, 0.15) is 44.7 Å². The zero-order chi connectivity index (χ0) is 17.9. The van der Waals surface area contributed by atoms with Gasteiger partial charge in [-0.3, -0.25) is 4.90 Å². The lowest BCUT2D eigenvalue weighted by atomic mass is 10.0. The number of halogens is 2. The quantitative estimate of drug-likeness (QED) is 0.817. The molecule has 6 heteroatoms. The molecule has 1 N–H and O–H groups in total. The first-order chi connectivity index (χ1) is 11.1. The Morgan fingerprint density at radius 2 is 2.00 bits per heavy atom. The van der Waals surface area contributed by atoms with Crippen LogP contribution in [0.25, 0.3) is 0 Å². The maximum Gasteiger partial charge on any atom is 0.407 e. The molecule has 0 radical (unpaired) electrons. The highest BCUT2D eigenvalue weighted by Crippen LogP contribution is 2.24. The van der Waals surface area contributed by atoms with Crippen molar-refractivity contribution >= 4 is 22.0 Å². The van der Waals surface area contributed by atoms with Gasteiger partial charge in [0.05, 0.1) is 0 Å². The smallest absolute Gasteiger partial charge is 0.407 e. The molecule has 1 saturated heterocycles. The van der Waals surface area contributed by atoms with E-state index in [9.17, 15) is 9.18 Å². The fourth-order valence-electron chi connectivity index (χ4n) is 2.76. The molecule has 0 atom stereocenters. The van der Waals surface area contributed by atoms with E-state index in [-0.39, 0.29) is 18.0 Å². The summed E-state index contributed by atoms with van der Waals surface area (Å²) in [5.74, 6) is -0.172. The van der Waals surface area contributed by atoms with Crippen LogP contribution in [0, 0.1) is 12.7 Å². The van der Waals surface area contributed by atoms with Crippen LogP contribution in [0.3, 0.4) is 0 Å². The highest BCUT2D eigenvalue weighted by molar-refractivity contribution is 9.10. The topological polar surface area (TPSA) is 41.6 Å². The summed E-state index contributed by atoms with van der Waals surface area (Å²) in [6.45, 7) is 9.76. The van der Waals surface area contributed by atoms with E-state index in [2.05, 4.69) is 26.1 Å². The summed E-state index contributed by atoms with van der Waals surface area (Å²) < 4.78 is 20.0. The number of hydrogen-bond donors (Lipinski definition) is 1. The highest BCUT2D eigenvalue weighted by atomic mass is 79.9. The van der Waals surface area contributed by atoms with Crippen LogP contribution in [0.15, 0.2) is 16.6 Å². The summed E-state index contributed by atoms with van der Waals surface area (Å²) in [4.78, 5) is 14.1. The Hall–Kier alpha value is -1.14. The minimum absolute atomic E-state index is 0.134. The summed E-state index contributed by atoms with van der Waals surface area (Å²) in [6.07, 6.45) is 1.38. The Balaban J connectivity index is 1.83. The SMILES string of the molecule is Cc1cc(Br)c(CN2CCC(NC(=O)OC(C)(C)C)CC2)cc1F. The molecule has 4 nitrogen and oxygen atoms in total. The lowest BCUT2D eigenvalue weighted by Crippen LogP contribution is -2.45. The molecule has 0 spiro atoms. The summed E-state index contributed by atoms with van der Waals surface area (Å²) >= 11 is 3.51. The number of carbonyl (C=O) groups excluding carboxylic acids is 1. The van der Waals surface area contributed by atoms with Crippen molar-refractivity contribution in [1.82, 2.24) is 10.2 Å². The van der Waals surface area contributed by atoms with E-state index in [1.165, 1.54) is 0 Å². The van der Waals surface area contributed by atoms with E-state index in [0.717, 1.165) is 36.0 Å². The zero-order valence-electron chi connectivity index (χ0n) is 14.8. The van der Waals surface area contributed by atoms with Crippen LogP contribution in [0.2, 0.25) is 0 Å². The predicted molar refractivity (Wildman–Crippen MR) is 96.5 cm³/mol. The van der Waals surface area contributed by atoms with E-state index in [4.69, 9.17) is 4.74 Å². The molecule has 0 bridgehead atoms. The first kappa shape index (κ1) is 19.2. The lowest BCUT2D eigenvalue weighted by Gasteiger charge is -2.33. The van der Waals surface area contributed by atoms with Gasteiger partial charge in [-0.2, -0.15) is 0 Å². The molecule has 0 aliphatic carbocycles. The van der Waals surface area contributed by atoms with E-state index >= 15 is 0 Å². The maximum atomic E-state index is 13.8. The van der Waals surface area contributed by atoms with E-state index in [0.29, 0.717) is 12.1 Å². The first-order valence-electron chi connectivity index (χ1n) is 8.30. The minimum Gasteiger partial charge on any atom is -0.444 e. The summed E-state index contributed by atoms with van der Waals surface area (Å²) in [7, 11) is 0. The Morgan fingerprint density at radius 1 is 1.38 bits per heavy atom. The van der Waals surface area contributed by atoms with E-state index in [1.54, 1.807) is 13.0 Å². The molecule has 1 amide bonds. The Labute approximate surface area is 151 Å². The molecule has 1 aliphatic heterocycles. The van der Waals surface area contributed by atoms with Crippen LogP contribution in [-0.4, -0.2) is 35.7 Å². The molecule has 1 aromatic carbocycles. The molecule has 24 heavy (non-hydrogen) atoms. The zero-order valence-corrected chi connectivity index (χ0v) is 16.4. The van der Waals surface area contributed by atoms with Gasteiger partial charge in [0.2, 0.25) is 0 Å². The first-order valence-corrected chi connectivity index (χ1v) is 9.10. The Morgan fingerprint density at radius 3 is 2.58 bits per heavy atom. The summed E-state index contributed by atoms with van der Waals surface area (Å²) in [5.41, 5.74) is 1.12. The number of piperidine rings is 1. The third kappa shape index (κ3) is 5.74. The third-order valence-electron chi connectivity index (χ3n) is 4.03. The van der Waals surface area contributed by atoms with Gasteiger partial charge in [-0.1, -0.05) is 15.9 Å². The lowest BCUT2D eigenvalue weighted by molar-refractivity contribution is 0.0477. The van der Waals surface area contributed by atoms with Crippen molar-refractivity contribution in [1.29, 1.82) is 0 Å². The molecule has 134 valence electrons. The third-order valence-corrected chi connectivity index (χ3v) is 4.77. The number of nitrogens with zero attached hydrogens (tertiary/aromatic N) is 1.